The van der Waals surface area contributed by atoms with Gasteiger partial charge in [0.25, 0.3) is 0 Å². The summed E-state index contributed by atoms with van der Waals surface area (Å²) in [6, 6.07) is 7.54. The highest BCUT2D eigenvalue weighted by Crippen LogP contribution is 2.25. The van der Waals surface area contributed by atoms with Crippen molar-refractivity contribution >= 4 is 5.78 Å². The molecule has 2 nitrogen and oxygen atoms in total. The summed E-state index contributed by atoms with van der Waals surface area (Å²) in [7, 11) is 0. The number of rotatable bonds is 3. The first-order chi connectivity index (χ1) is 8.75. The predicted molar refractivity (Wildman–Crippen MR) is 72.5 cm³/mol. The lowest BCUT2D eigenvalue weighted by Crippen LogP contribution is -2.06. The summed E-state index contributed by atoms with van der Waals surface area (Å²) in [6.45, 7) is 0. The summed E-state index contributed by atoms with van der Waals surface area (Å²) in [6.07, 6.45) is 9.51. The van der Waals surface area contributed by atoms with Crippen LogP contribution in [-0.4, -0.2) is 10.9 Å². The molecule has 0 saturated carbocycles. The van der Waals surface area contributed by atoms with E-state index in [2.05, 4.69) is 0 Å². The monoisotopic (exact) mass is 244 g/mol. The normalized spacial score (nSPS) is 22.2. The number of hydrogen-bond donors (Lipinski definition) is 1. The number of allylic oxidation sites excluding steroid dienone is 2. The Hall–Kier alpha value is -1.57. The van der Waals surface area contributed by atoms with E-state index in [4.69, 9.17) is 0 Å². The smallest absolute Gasteiger partial charge is 0.155 e. The third-order valence-corrected chi connectivity index (χ3v) is 3.62. The van der Waals surface area contributed by atoms with Crippen molar-refractivity contribution in [2.75, 3.05) is 0 Å². The van der Waals surface area contributed by atoms with E-state index in [0.29, 0.717) is 18.1 Å². The average molecular weight is 244 g/mol. The molecule has 0 spiro atoms. The molecule has 1 atom stereocenters. The van der Waals surface area contributed by atoms with Gasteiger partial charge in [-0.3, -0.25) is 4.79 Å². The van der Waals surface area contributed by atoms with Gasteiger partial charge >= 0.3 is 0 Å². The number of aryl methyl sites for hydroxylation is 1. The van der Waals surface area contributed by atoms with Crippen LogP contribution in [0.1, 0.15) is 37.7 Å². The van der Waals surface area contributed by atoms with Crippen molar-refractivity contribution in [3.63, 3.8) is 0 Å². The van der Waals surface area contributed by atoms with Crippen LogP contribution in [0.5, 0.6) is 5.75 Å². The van der Waals surface area contributed by atoms with Gasteiger partial charge in [-0.25, -0.2) is 0 Å². The Morgan fingerprint density at radius 1 is 1.28 bits per heavy atom. The van der Waals surface area contributed by atoms with E-state index >= 15 is 0 Å². The van der Waals surface area contributed by atoms with Crippen molar-refractivity contribution in [2.45, 2.75) is 38.5 Å². The van der Waals surface area contributed by atoms with Gasteiger partial charge in [-0.05, 0) is 55.7 Å². The van der Waals surface area contributed by atoms with Crippen LogP contribution < -0.4 is 0 Å². The Morgan fingerprint density at radius 2 is 2.11 bits per heavy atom. The van der Waals surface area contributed by atoms with Gasteiger partial charge in [0.2, 0.25) is 0 Å². The van der Waals surface area contributed by atoms with E-state index in [0.717, 1.165) is 37.7 Å². The van der Waals surface area contributed by atoms with E-state index in [1.54, 1.807) is 12.1 Å². The summed E-state index contributed by atoms with van der Waals surface area (Å²) in [5.41, 5.74) is 1.03. The number of ketones is 1. The molecule has 1 aliphatic carbocycles. The number of benzene rings is 1. The van der Waals surface area contributed by atoms with E-state index in [1.165, 1.54) is 0 Å². The van der Waals surface area contributed by atoms with Gasteiger partial charge in [0.05, 0.1) is 0 Å². The van der Waals surface area contributed by atoms with Crippen LogP contribution >= 0.6 is 0 Å². The number of aromatic hydroxyl groups is 1. The summed E-state index contributed by atoms with van der Waals surface area (Å²) >= 11 is 0. The van der Waals surface area contributed by atoms with Crippen LogP contribution in [0.3, 0.4) is 0 Å². The third-order valence-electron chi connectivity index (χ3n) is 3.62. The maximum absolute atomic E-state index is 11.2. The highest BCUT2D eigenvalue weighted by Gasteiger charge is 2.12. The highest BCUT2D eigenvalue weighted by molar-refractivity contribution is 5.89. The Kier molecular flexibility index (Phi) is 4.57. The molecule has 0 bridgehead atoms. The van der Waals surface area contributed by atoms with Gasteiger partial charge in [-0.15, -0.1) is 0 Å². The second kappa shape index (κ2) is 6.39. The molecule has 18 heavy (non-hydrogen) atoms. The molecule has 1 N–H and O–H groups in total. The molecule has 0 aromatic heterocycles. The second-order valence-electron chi connectivity index (χ2n) is 5.03. The minimum atomic E-state index is 0.258. The third kappa shape index (κ3) is 3.73. The lowest BCUT2D eigenvalue weighted by molar-refractivity contribution is -0.114. The molecule has 2 rings (SSSR count). The molecule has 96 valence electrons. The molecule has 2 heteroatoms. The first-order valence-electron chi connectivity index (χ1n) is 6.72. The molecule has 0 aliphatic heterocycles. The quantitative estimate of drug-likeness (QED) is 0.881. The molecule has 0 amide bonds. The number of phenolic OH excluding ortho intramolecular Hbond substituents is 1. The van der Waals surface area contributed by atoms with Crippen LogP contribution in [0.15, 0.2) is 36.4 Å². The highest BCUT2D eigenvalue weighted by atomic mass is 16.3. The zero-order valence-corrected chi connectivity index (χ0v) is 10.6. The summed E-state index contributed by atoms with van der Waals surface area (Å²) in [4.78, 5) is 11.2. The molecule has 1 aromatic rings. The van der Waals surface area contributed by atoms with Crippen molar-refractivity contribution in [2.24, 2.45) is 5.92 Å². The Labute approximate surface area is 108 Å². The van der Waals surface area contributed by atoms with E-state index in [9.17, 15) is 9.90 Å². The van der Waals surface area contributed by atoms with Crippen molar-refractivity contribution in [3.05, 3.63) is 42.0 Å². The van der Waals surface area contributed by atoms with Crippen LogP contribution in [-0.2, 0) is 11.2 Å². The number of para-hydroxylation sites is 1. The second-order valence-corrected chi connectivity index (χ2v) is 5.03. The molecule has 0 heterocycles. The minimum absolute atomic E-state index is 0.258. The maximum Gasteiger partial charge on any atom is 0.155 e. The fraction of sp³-hybridized carbons (Fsp3) is 0.438. The zero-order chi connectivity index (χ0) is 12.8. The van der Waals surface area contributed by atoms with Gasteiger partial charge in [-0.1, -0.05) is 24.3 Å². The number of carbonyl (C=O) groups is 1. The van der Waals surface area contributed by atoms with Gasteiger partial charge in [0.1, 0.15) is 5.75 Å². The topological polar surface area (TPSA) is 37.3 Å². The van der Waals surface area contributed by atoms with Crippen LogP contribution in [0, 0.1) is 5.92 Å². The largest absolute Gasteiger partial charge is 0.508 e. The molecular weight excluding hydrogens is 224 g/mol. The molecule has 1 unspecified atom stereocenters. The molecule has 0 saturated heterocycles. The first-order valence-corrected chi connectivity index (χ1v) is 6.72. The van der Waals surface area contributed by atoms with Crippen molar-refractivity contribution in [3.8, 4) is 5.75 Å². The van der Waals surface area contributed by atoms with Gasteiger partial charge in [-0.2, -0.15) is 0 Å². The van der Waals surface area contributed by atoms with Crippen LogP contribution in [0.25, 0.3) is 0 Å². The lowest BCUT2D eigenvalue weighted by atomic mass is 9.89. The SMILES string of the molecule is O=C1/C=C\CC(CCc2ccccc2O)CCC1. The molecule has 0 radical (unpaired) electrons. The number of phenols is 1. The van der Waals surface area contributed by atoms with Crippen molar-refractivity contribution in [1.29, 1.82) is 0 Å². The molecule has 1 aromatic carbocycles. The lowest BCUT2D eigenvalue weighted by Gasteiger charge is -2.16. The van der Waals surface area contributed by atoms with Crippen molar-refractivity contribution < 1.29 is 9.90 Å². The fourth-order valence-corrected chi connectivity index (χ4v) is 2.50. The maximum atomic E-state index is 11.2. The molecular formula is C16H20O2. The standard InChI is InChI=1S/C16H20O2/c17-15-8-3-5-13(6-4-9-15)11-12-14-7-1-2-10-16(14)18/h1-3,7-8,10,13,18H,4-6,9,11-12H2/b8-3-. The zero-order valence-electron chi connectivity index (χ0n) is 10.6. The number of hydrogen-bond acceptors (Lipinski definition) is 2. The summed E-state index contributed by atoms with van der Waals surface area (Å²) in [5.74, 6) is 1.29. The first kappa shape index (κ1) is 12.9. The Morgan fingerprint density at radius 3 is 2.94 bits per heavy atom. The van der Waals surface area contributed by atoms with Gasteiger partial charge in [0.15, 0.2) is 5.78 Å². The van der Waals surface area contributed by atoms with Crippen molar-refractivity contribution in [1.82, 2.24) is 0 Å². The molecule has 1 aliphatic rings. The fourth-order valence-electron chi connectivity index (χ4n) is 2.50. The van der Waals surface area contributed by atoms with E-state index in [-0.39, 0.29) is 5.78 Å². The summed E-state index contributed by atoms with van der Waals surface area (Å²) < 4.78 is 0. The Balaban J connectivity index is 1.88. The Bertz CT molecular complexity index is 434. The molecule has 0 fully saturated rings. The van der Waals surface area contributed by atoms with Gasteiger partial charge in [0, 0.05) is 6.42 Å². The van der Waals surface area contributed by atoms with Crippen LogP contribution in [0.4, 0.5) is 0 Å². The van der Waals surface area contributed by atoms with E-state index < -0.39 is 0 Å². The van der Waals surface area contributed by atoms with E-state index in [1.807, 2.05) is 24.3 Å². The van der Waals surface area contributed by atoms with Crippen LogP contribution in [0.2, 0.25) is 0 Å². The average Bonchev–Trinajstić information content (AvgIpc) is 2.34. The summed E-state index contributed by atoms with van der Waals surface area (Å²) in [5, 5.41) is 9.72. The predicted octanol–water partition coefficient (Wildman–Crippen LogP) is 3.64. The minimum Gasteiger partial charge on any atom is -0.508 e. The van der Waals surface area contributed by atoms with Gasteiger partial charge < -0.3 is 5.11 Å². The number of carbonyl (C=O) groups excluding carboxylic acids is 1.